The van der Waals surface area contributed by atoms with Crippen molar-refractivity contribution in [3.8, 4) is 0 Å². The maximum atomic E-state index is 12.2. The largest absolute Gasteiger partial charge is 0.324 e. The molecular formula is C14H17BrN4O. The molecule has 0 saturated carbocycles. The van der Waals surface area contributed by atoms with E-state index in [9.17, 15) is 4.79 Å². The summed E-state index contributed by atoms with van der Waals surface area (Å²) in [6.07, 6.45) is 2.85. The number of nitrogens with zero attached hydrogens (tertiary/aromatic N) is 3. The van der Waals surface area contributed by atoms with Gasteiger partial charge >= 0.3 is 0 Å². The molecule has 0 spiro atoms. The molecule has 0 radical (unpaired) electrons. The summed E-state index contributed by atoms with van der Waals surface area (Å²) < 4.78 is 2.80. The van der Waals surface area contributed by atoms with Crippen molar-refractivity contribution in [2.24, 2.45) is 5.92 Å². The van der Waals surface area contributed by atoms with E-state index in [0.29, 0.717) is 0 Å². The summed E-state index contributed by atoms with van der Waals surface area (Å²) in [5, 5.41) is 3.00. The minimum Gasteiger partial charge on any atom is -0.324 e. The lowest BCUT2D eigenvalue weighted by atomic mass is 10.1. The number of anilines is 1. The number of rotatable bonds is 2. The molecule has 0 aliphatic carbocycles. The van der Waals surface area contributed by atoms with Crippen LogP contribution in [0.3, 0.4) is 0 Å². The quantitative estimate of drug-likeness (QED) is 0.915. The van der Waals surface area contributed by atoms with Crippen LogP contribution >= 0.6 is 15.9 Å². The number of hydrogen-bond donors (Lipinski definition) is 1. The van der Waals surface area contributed by atoms with Crippen molar-refractivity contribution in [2.45, 2.75) is 13.3 Å². The average Bonchev–Trinajstić information content (AvgIpc) is 2.96. The molecule has 2 aromatic rings. The minimum absolute atomic E-state index is 0.0892. The van der Waals surface area contributed by atoms with Crippen molar-refractivity contribution in [1.82, 2.24) is 14.3 Å². The second kappa shape index (κ2) is 5.18. The van der Waals surface area contributed by atoms with Gasteiger partial charge in [-0.3, -0.25) is 4.79 Å². The Bertz CT molecular complexity index is 666. The van der Waals surface area contributed by atoms with Crippen molar-refractivity contribution < 1.29 is 4.79 Å². The maximum Gasteiger partial charge on any atom is 0.228 e. The van der Waals surface area contributed by atoms with Crippen molar-refractivity contribution in [1.29, 1.82) is 0 Å². The molecule has 106 valence electrons. The lowest BCUT2D eigenvalue weighted by Crippen LogP contribution is -2.25. The zero-order valence-electron chi connectivity index (χ0n) is 11.6. The Hall–Kier alpha value is -1.40. The second-order valence-corrected chi connectivity index (χ2v) is 6.12. The summed E-state index contributed by atoms with van der Waals surface area (Å²) in [6.45, 7) is 3.82. The first-order chi connectivity index (χ1) is 9.54. The second-order valence-electron chi connectivity index (χ2n) is 5.37. The zero-order chi connectivity index (χ0) is 14.3. The van der Waals surface area contributed by atoms with E-state index in [0.717, 1.165) is 41.1 Å². The molecule has 3 heterocycles. The van der Waals surface area contributed by atoms with Gasteiger partial charge in [-0.2, -0.15) is 0 Å². The van der Waals surface area contributed by atoms with Gasteiger partial charge in [0.1, 0.15) is 10.3 Å². The van der Waals surface area contributed by atoms with E-state index < -0.39 is 0 Å². The third-order valence-electron chi connectivity index (χ3n) is 3.83. The Morgan fingerprint density at radius 1 is 1.50 bits per heavy atom. The summed E-state index contributed by atoms with van der Waals surface area (Å²) in [6, 6.07) is 3.80. The Balaban J connectivity index is 1.80. The van der Waals surface area contributed by atoms with Crippen LogP contribution in [0.5, 0.6) is 0 Å². The highest BCUT2D eigenvalue weighted by molar-refractivity contribution is 9.10. The monoisotopic (exact) mass is 336 g/mol. The standard InChI is InChI=1S/C14H17BrN4O/c1-9-13(15)17-12-4-3-11(8-19(9)12)16-14(20)10-5-6-18(2)7-10/h3-4,8,10H,5-7H2,1-2H3,(H,16,20). The van der Waals surface area contributed by atoms with Crippen LogP contribution in [-0.4, -0.2) is 40.3 Å². The number of aromatic nitrogens is 2. The van der Waals surface area contributed by atoms with Crippen LogP contribution in [0.2, 0.25) is 0 Å². The van der Waals surface area contributed by atoms with Gasteiger partial charge in [0, 0.05) is 12.7 Å². The predicted octanol–water partition coefficient (Wildman–Crippen LogP) is 2.30. The number of carbonyl (C=O) groups excluding carboxylic acids is 1. The molecule has 0 aromatic carbocycles. The Labute approximate surface area is 126 Å². The molecule has 20 heavy (non-hydrogen) atoms. The van der Waals surface area contributed by atoms with Crippen molar-refractivity contribution >= 4 is 33.2 Å². The van der Waals surface area contributed by atoms with Crippen LogP contribution in [0.1, 0.15) is 12.1 Å². The number of hydrogen-bond acceptors (Lipinski definition) is 3. The fraction of sp³-hybridized carbons (Fsp3) is 0.429. The van der Waals surface area contributed by atoms with Crippen molar-refractivity contribution in [3.63, 3.8) is 0 Å². The first-order valence-corrected chi connectivity index (χ1v) is 7.47. The number of pyridine rings is 1. The molecule has 1 fully saturated rings. The molecule has 0 bridgehead atoms. The van der Waals surface area contributed by atoms with Gasteiger partial charge in [0.2, 0.25) is 5.91 Å². The van der Waals surface area contributed by atoms with E-state index in [1.54, 1.807) is 0 Å². The predicted molar refractivity (Wildman–Crippen MR) is 81.9 cm³/mol. The van der Waals surface area contributed by atoms with Gasteiger partial charge in [-0.25, -0.2) is 4.98 Å². The molecule has 1 N–H and O–H groups in total. The molecule has 6 heteroatoms. The van der Waals surface area contributed by atoms with Gasteiger partial charge in [-0.05, 0) is 55.0 Å². The molecule has 5 nitrogen and oxygen atoms in total. The van der Waals surface area contributed by atoms with Crippen LogP contribution in [-0.2, 0) is 4.79 Å². The fourth-order valence-electron chi connectivity index (χ4n) is 2.60. The lowest BCUT2D eigenvalue weighted by molar-refractivity contribution is -0.119. The number of nitrogens with one attached hydrogen (secondary N) is 1. The van der Waals surface area contributed by atoms with Gasteiger partial charge in [0.05, 0.1) is 17.3 Å². The van der Waals surface area contributed by atoms with Crippen molar-refractivity contribution in [3.05, 3.63) is 28.6 Å². The topological polar surface area (TPSA) is 49.6 Å². The molecule has 1 atom stereocenters. The third-order valence-corrected chi connectivity index (χ3v) is 4.58. The van der Waals surface area contributed by atoms with Gasteiger partial charge in [0.15, 0.2) is 0 Å². The first kappa shape index (κ1) is 13.6. The number of halogens is 1. The Morgan fingerprint density at radius 2 is 2.30 bits per heavy atom. The molecule has 3 rings (SSSR count). The van der Waals surface area contributed by atoms with E-state index in [2.05, 4.69) is 31.1 Å². The number of carbonyl (C=O) groups is 1. The van der Waals surface area contributed by atoms with E-state index in [1.807, 2.05) is 36.7 Å². The normalized spacial score (nSPS) is 19.6. The molecule has 1 unspecified atom stereocenters. The highest BCUT2D eigenvalue weighted by Gasteiger charge is 2.26. The van der Waals surface area contributed by atoms with Crippen LogP contribution in [0.25, 0.3) is 5.65 Å². The molecule has 1 aliphatic heterocycles. The van der Waals surface area contributed by atoms with E-state index >= 15 is 0 Å². The number of aryl methyl sites for hydroxylation is 1. The van der Waals surface area contributed by atoms with Gasteiger partial charge < -0.3 is 14.6 Å². The summed E-state index contributed by atoms with van der Waals surface area (Å²) >= 11 is 3.42. The van der Waals surface area contributed by atoms with E-state index in [1.165, 1.54) is 0 Å². The zero-order valence-corrected chi connectivity index (χ0v) is 13.1. The van der Waals surface area contributed by atoms with E-state index in [4.69, 9.17) is 0 Å². The Kier molecular flexibility index (Phi) is 3.52. The molecular weight excluding hydrogens is 320 g/mol. The number of imidazole rings is 1. The van der Waals surface area contributed by atoms with Crippen LogP contribution in [0, 0.1) is 12.8 Å². The van der Waals surface area contributed by atoms with Gasteiger partial charge in [-0.15, -0.1) is 0 Å². The van der Waals surface area contributed by atoms with Crippen LogP contribution in [0.4, 0.5) is 5.69 Å². The average molecular weight is 337 g/mol. The number of likely N-dealkylation sites (tertiary alicyclic amines) is 1. The van der Waals surface area contributed by atoms with Crippen LogP contribution < -0.4 is 5.32 Å². The molecule has 2 aromatic heterocycles. The van der Waals surface area contributed by atoms with Gasteiger partial charge in [-0.1, -0.05) is 0 Å². The number of amides is 1. The van der Waals surface area contributed by atoms with Crippen LogP contribution in [0.15, 0.2) is 22.9 Å². The van der Waals surface area contributed by atoms with Gasteiger partial charge in [0.25, 0.3) is 0 Å². The maximum absolute atomic E-state index is 12.2. The van der Waals surface area contributed by atoms with Crippen molar-refractivity contribution in [2.75, 3.05) is 25.5 Å². The highest BCUT2D eigenvalue weighted by Crippen LogP contribution is 2.21. The third kappa shape index (κ3) is 2.45. The molecule has 1 amide bonds. The summed E-state index contributed by atoms with van der Waals surface area (Å²) in [5.41, 5.74) is 2.70. The Morgan fingerprint density at radius 3 is 3.00 bits per heavy atom. The summed E-state index contributed by atoms with van der Waals surface area (Å²) in [5.74, 6) is 0.192. The molecule has 1 aliphatic rings. The van der Waals surface area contributed by atoms with E-state index in [-0.39, 0.29) is 11.8 Å². The minimum atomic E-state index is 0.0892. The summed E-state index contributed by atoms with van der Waals surface area (Å²) in [4.78, 5) is 18.8. The lowest BCUT2D eigenvalue weighted by Gasteiger charge is -2.11. The first-order valence-electron chi connectivity index (χ1n) is 6.68. The number of fused-ring (bicyclic) bond motifs is 1. The highest BCUT2D eigenvalue weighted by atomic mass is 79.9. The SMILES string of the molecule is Cc1c(Br)nc2ccc(NC(=O)C3CCN(C)C3)cn12. The fourth-order valence-corrected chi connectivity index (χ4v) is 2.97. The molecule has 1 saturated heterocycles. The summed E-state index contributed by atoms with van der Waals surface area (Å²) in [7, 11) is 2.05. The smallest absolute Gasteiger partial charge is 0.228 e.